The number of carbonyl (C=O) groups excluding carboxylic acids is 1. The number of benzene rings is 2. The molecule has 0 saturated carbocycles. The van der Waals surface area contributed by atoms with Crippen LogP contribution in [0.25, 0.3) is 11.1 Å². The summed E-state index contributed by atoms with van der Waals surface area (Å²) in [5.41, 5.74) is 2.92. The van der Waals surface area contributed by atoms with Crippen LogP contribution in [0.15, 0.2) is 71.7 Å². The highest BCUT2D eigenvalue weighted by molar-refractivity contribution is 6.08. The first-order valence-electron chi connectivity index (χ1n) is 7.87. The molecule has 0 fully saturated rings. The van der Waals surface area contributed by atoms with E-state index in [-0.39, 0.29) is 5.56 Å². The minimum absolute atomic E-state index is 0.120. The number of para-hydroxylation sites is 1. The fourth-order valence-electron chi connectivity index (χ4n) is 2.70. The second-order valence-corrected chi connectivity index (χ2v) is 5.43. The summed E-state index contributed by atoms with van der Waals surface area (Å²) in [6.07, 6.45) is 2.36. The highest BCUT2D eigenvalue weighted by Gasteiger charge is 2.17. The molecule has 4 heteroatoms. The van der Waals surface area contributed by atoms with Crippen LogP contribution >= 0.6 is 0 Å². The number of H-pyrrole nitrogens is 1. The molecule has 0 unspecified atom stereocenters. The average molecular weight is 318 g/mol. The van der Waals surface area contributed by atoms with Crippen LogP contribution < -0.4 is 10.9 Å². The number of hydrogen-bond acceptors (Lipinski definition) is 2. The van der Waals surface area contributed by atoms with Crippen molar-refractivity contribution in [2.75, 3.05) is 5.32 Å². The molecule has 2 N–H and O–H groups in total. The third kappa shape index (κ3) is 3.13. The number of amides is 1. The number of aromatic nitrogens is 1. The molecule has 0 aliphatic heterocycles. The molecular formula is C20H18N2O2. The van der Waals surface area contributed by atoms with Gasteiger partial charge in [-0.2, -0.15) is 0 Å². The van der Waals surface area contributed by atoms with Gasteiger partial charge in [0.15, 0.2) is 0 Å². The Morgan fingerprint density at radius 3 is 2.46 bits per heavy atom. The summed E-state index contributed by atoms with van der Waals surface area (Å²) in [5.74, 6) is -0.406. The lowest BCUT2D eigenvalue weighted by atomic mass is 10.0. The smallest absolute Gasteiger partial charge is 0.261 e. The zero-order valence-electron chi connectivity index (χ0n) is 13.4. The van der Waals surface area contributed by atoms with Gasteiger partial charge in [0.1, 0.15) is 5.56 Å². The molecule has 0 saturated heterocycles. The van der Waals surface area contributed by atoms with Crippen molar-refractivity contribution in [3.05, 3.63) is 88.3 Å². The van der Waals surface area contributed by atoms with Gasteiger partial charge in [-0.3, -0.25) is 9.59 Å². The molecule has 120 valence electrons. The van der Waals surface area contributed by atoms with Gasteiger partial charge >= 0.3 is 0 Å². The SMILES string of the molecule is CCc1ccccc1NC(=O)c1c(-c2ccccc2)cc[nH]c1=O. The van der Waals surface area contributed by atoms with Crippen LogP contribution in [0.2, 0.25) is 0 Å². The number of anilines is 1. The molecule has 0 radical (unpaired) electrons. The maximum Gasteiger partial charge on any atom is 0.261 e. The molecule has 0 bridgehead atoms. The minimum atomic E-state index is -0.406. The largest absolute Gasteiger partial charge is 0.328 e. The molecule has 1 heterocycles. The molecule has 3 rings (SSSR count). The van der Waals surface area contributed by atoms with E-state index in [1.54, 1.807) is 12.3 Å². The quantitative estimate of drug-likeness (QED) is 0.767. The van der Waals surface area contributed by atoms with Crippen molar-refractivity contribution < 1.29 is 4.79 Å². The Morgan fingerprint density at radius 2 is 1.71 bits per heavy atom. The van der Waals surface area contributed by atoms with Crippen LogP contribution in [0.4, 0.5) is 5.69 Å². The molecule has 2 aromatic carbocycles. The first-order valence-corrected chi connectivity index (χ1v) is 7.87. The Kier molecular flexibility index (Phi) is 4.57. The van der Waals surface area contributed by atoms with Gasteiger partial charge in [-0.15, -0.1) is 0 Å². The molecule has 24 heavy (non-hydrogen) atoms. The summed E-state index contributed by atoms with van der Waals surface area (Å²) in [6, 6.07) is 18.8. The standard InChI is InChI=1S/C20H18N2O2/c1-2-14-8-6-7-11-17(14)22-20(24)18-16(12-13-21-19(18)23)15-9-4-3-5-10-15/h3-13H,2H2,1H3,(H,21,23)(H,22,24). The second kappa shape index (κ2) is 6.96. The normalized spacial score (nSPS) is 10.4. The topological polar surface area (TPSA) is 62.0 Å². The third-order valence-electron chi connectivity index (χ3n) is 3.92. The lowest BCUT2D eigenvalue weighted by Gasteiger charge is -2.12. The highest BCUT2D eigenvalue weighted by atomic mass is 16.2. The summed E-state index contributed by atoms with van der Waals surface area (Å²) in [4.78, 5) is 27.6. The predicted octanol–water partition coefficient (Wildman–Crippen LogP) is 3.86. The first-order chi connectivity index (χ1) is 11.7. The van der Waals surface area contributed by atoms with E-state index in [1.165, 1.54) is 0 Å². The molecule has 1 amide bonds. The van der Waals surface area contributed by atoms with Crippen LogP contribution in [0.3, 0.4) is 0 Å². The maximum absolute atomic E-state index is 12.8. The zero-order valence-corrected chi connectivity index (χ0v) is 13.4. The van der Waals surface area contributed by atoms with E-state index < -0.39 is 11.5 Å². The number of nitrogens with one attached hydrogen (secondary N) is 2. The first kappa shape index (κ1) is 15.7. The van der Waals surface area contributed by atoms with E-state index in [0.717, 1.165) is 23.2 Å². The zero-order chi connectivity index (χ0) is 16.9. The molecule has 0 aliphatic rings. The molecule has 3 aromatic rings. The van der Waals surface area contributed by atoms with Crippen molar-refractivity contribution in [3.8, 4) is 11.1 Å². The predicted molar refractivity (Wildman–Crippen MR) is 96.3 cm³/mol. The summed E-state index contributed by atoms with van der Waals surface area (Å²) < 4.78 is 0. The van der Waals surface area contributed by atoms with E-state index in [9.17, 15) is 9.59 Å². The molecule has 0 spiro atoms. The number of pyridine rings is 1. The van der Waals surface area contributed by atoms with E-state index in [2.05, 4.69) is 10.3 Å². The van der Waals surface area contributed by atoms with Crippen LogP contribution in [-0.4, -0.2) is 10.9 Å². The van der Waals surface area contributed by atoms with Crippen molar-refractivity contribution in [2.24, 2.45) is 0 Å². The van der Waals surface area contributed by atoms with E-state index >= 15 is 0 Å². The number of rotatable bonds is 4. The summed E-state index contributed by atoms with van der Waals surface area (Å²) in [5, 5.41) is 2.87. The highest BCUT2D eigenvalue weighted by Crippen LogP contribution is 2.22. The van der Waals surface area contributed by atoms with Crippen molar-refractivity contribution in [2.45, 2.75) is 13.3 Å². The Bertz CT molecular complexity index is 914. The molecule has 0 atom stereocenters. The molecule has 4 nitrogen and oxygen atoms in total. The number of hydrogen-bond donors (Lipinski definition) is 2. The van der Waals surface area contributed by atoms with Crippen molar-refractivity contribution in [1.29, 1.82) is 0 Å². The van der Waals surface area contributed by atoms with Crippen LogP contribution in [0, 0.1) is 0 Å². The van der Waals surface area contributed by atoms with Crippen molar-refractivity contribution in [3.63, 3.8) is 0 Å². The van der Waals surface area contributed by atoms with E-state index in [1.807, 2.05) is 61.5 Å². The van der Waals surface area contributed by atoms with E-state index in [4.69, 9.17) is 0 Å². The van der Waals surface area contributed by atoms with Gasteiger partial charge in [0.2, 0.25) is 0 Å². The number of aromatic amines is 1. The van der Waals surface area contributed by atoms with Gasteiger partial charge in [0.25, 0.3) is 11.5 Å². The summed E-state index contributed by atoms with van der Waals surface area (Å²) in [6.45, 7) is 2.02. The Labute approximate surface area is 140 Å². The minimum Gasteiger partial charge on any atom is -0.328 e. The fraction of sp³-hybridized carbons (Fsp3) is 0.100. The lowest BCUT2D eigenvalue weighted by Crippen LogP contribution is -2.24. The third-order valence-corrected chi connectivity index (χ3v) is 3.92. The van der Waals surface area contributed by atoms with Crippen molar-refractivity contribution >= 4 is 11.6 Å². The van der Waals surface area contributed by atoms with Gasteiger partial charge < -0.3 is 10.3 Å². The summed E-state index contributed by atoms with van der Waals surface area (Å²) in [7, 11) is 0. The van der Waals surface area contributed by atoms with Gasteiger partial charge in [-0.25, -0.2) is 0 Å². The monoisotopic (exact) mass is 318 g/mol. The van der Waals surface area contributed by atoms with Gasteiger partial charge in [0.05, 0.1) is 0 Å². The molecule has 1 aromatic heterocycles. The van der Waals surface area contributed by atoms with Crippen LogP contribution in [-0.2, 0) is 6.42 Å². The number of carbonyl (C=O) groups is 1. The Morgan fingerprint density at radius 1 is 1.00 bits per heavy atom. The maximum atomic E-state index is 12.8. The fourth-order valence-corrected chi connectivity index (χ4v) is 2.70. The number of aryl methyl sites for hydroxylation is 1. The lowest BCUT2D eigenvalue weighted by molar-refractivity contribution is 0.102. The van der Waals surface area contributed by atoms with Gasteiger partial charge in [-0.05, 0) is 29.7 Å². The van der Waals surface area contributed by atoms with Crippen molar-refractivity contribution in [1.82, 2.24) is 4.98 Å². The average Bonchev–Trinajstić information content (AvgIpc) is 2.62. The Hall–Kier alpha value is -3.14. The van der Waals surface area contributed by atoms with Gasteiger partial charge in [0, 0.05) is 17.4 Å². The Balaban J connectivity index is 2.03. The van der Waals surface area contributed by atoms with Gasteiger partial charge in [-0.1, -0.05) is 55.5 Å². The molecular weight excluding hydrogens is 300 g/mol. The molecule has 0 aliphatic carbocycles. The van der Waals surface area contributed by atoms with E-state index in [0.29, 0.717) is 5.56 Å². The second-order valence-electron chi connectivity index (χ2n) is 5.43. The summed E-state index contributed by atoms with van der Waals surface area (Å²) >= 11 is 0. The van der Waals surface area contributed by atoms with Crippen LogP contribution in [0.1, 0.15) is 22.8 Å². The van der Waals surface area contributed by atoms with Crippen LogP contribution in [0.5, 0.6) is 0 Å².